The maximum Gasteiger partial charge on any atom is 0.329 e. The maximum atomic E-state index is 12.1. The first kappa shape index (κ1) is 19.5. The highest BCUT2D eigenvalue weighted by Crippen LogP contribution is 2.05. The van der Waals surface area contributed by atoms with Gasteiger partial charge >= 0.3 is 12.0 Å². The van der Waals surface area contributed by atoms with E-state index in [1.807, 2.05) is 6.26 Å². The SMILES string of the molecule is CSCCC(NC(=O)c1ccccc1)C(=O)OCC(=O)NC(N)=O. The summed E-state index contributed by atoms with van der Waals surface area (Å²) in [5, 5.41) is 4.36. The van der Waals surface area contributed by atoms with Crippen molar-refractivity contribution in [2.75, 3.05) is 18.6 Å². The van der Waals surface area contributed by atoms with Crippen LogP contribution in [0.4, 0.5) is 4.79 Å². The molecule has 24 heavy (non-hydrogen) atoms. The van der Waals surface area contributed by atoms with Crippen molar-refractivity contribution in [1.29, 1.82) is 0 Å². The molecule has 4 amide bonds. The quantitative estimate of drug-likeness (QED) is 0.576. The molecule has 1 atom stereocenters. The smallest absolute Gasteiger partial charge is 0.329 e. The molecule has 0 aromatic heterocycles. The molecule has 1 aromatic carbocycles. The van der Waals surface area contributed by atoms with Gasteiger partial charge in [0, 0.05) is 5.56 Å². The Morgan fingerprint density at radius 1 is 1.21 bits per heavy atom. The van der Waals surface area contributed by atoms with E-state index in [0.717, 1.165) is 0 Å². The van der Waals surface area contributed by atoms with Gasteiger partial charge in [0.15, 0.2) is 6.61 Å². The van der Waals surface area contributed by atoms with E-state index in [-0.39, 0.29) is 0 Å². The van der Waals surface area contributed by atoms with Crippen LogP contribution in [0.1, 0.15) is 16.8 Å². The van der Waals surface area contributed by atoms with Crippen molar-refractivity contribution in [2.24, 2.45) is 5.73 Å². The first-order valence-electron chi connectivity index (χ1n) is 7.04. The fraction of sp³-hybridized carbons (Fsp3) is 0.333. The lowest BCUT2D eigenvalue weighted by molar-refractivity contribution is -0.150. The molecule has 1 aromatic rings. The van der Waals surface area contributed by atoms with E-state index < -0.39 is 36.5 Å². The van der Waals surface area contributed by atoms with Crippen LogP contribution in [-0.4, -0.2) is 48.5 Å². The highest BCUT2D eigenvalue weighted by atomic mass is 32.2. The topological polar surface area (TPSA) is 128 Å². The Hall–Kier alpha value is -2.55. The average Bonchev–Trinajstić information content (AvgIpc) is 2.56. The maximum absolute atomic E-state index is 12.1. The van der Waals surface area contributed by atoms with E-state index in [4.69, 9.17) is 10.5 Å². The second-order valence-corrected chi connectivity index (χ2v) is 5.68. The van der Waals surface area contributed by atoms with Crippen LogP contribution in [0.25, 0.3) is 0 Å². The number of benzene rings is 1. The molecule has 9 heteroatoms. The summed E-state index contributed by atoms with van der Waals surface area (Å²) in [4.78, 5) is 46.0. The number of hydrogen-bond acceptors (Lipinski definition) is 6. The Kier molecular flexibility index (Phi) is 8.34. The molecular formula is C15H19N3O5S. The normalized spacial score (nSPS) is 11.2. The van der Waals surface area contributed by atoms with E-state index in [9.17, 15) is 19.2 Å². The van der Waals surface area contributed by atoms with Gasteiger partial charge in [0.2, 0.25) is 0 Å². The largest absolute Gasteiger partial charge is 0.454 e. The third-order valence-corrected chi connectivity index (χ3v) is 3.49. The predicted octanol–water partition coefficient (Wildman–Crippen LogP) is 0.276. The van der Waals surface area contributed by atoms with E-state index in [1.165, 1.54) is 11.8 Å². The van der Waals surface area contributed by atoms with E-state index in [1.54, 1.807) is 35.6 Å². The molecule has 0 spiro atoms. The number of imide groups is 1. The molecular weight excluding hydrogens is 334 g/mol. The van der Waals surface area contributed by atoms with Crippen LogP contribution in [0.2, 0.25) is 0 Å². The summed E-state index contributed by atoms with van der Waals surface area (Å²) in [6, 6.07) is 6.49. The lowest BCUT2D eigenvalue weighted by Crippen LogP contribution is -2.44. The Bertz CT molecular complexity index is 594. The van der Waals surface area contributed by atoms with Crippen molar-refractivity contribution in [3.05, 3.63) is 35.9 Å². The first-order chi connectivity index (χ1) is 11.4. The van der Waals surface area contributed by atoms with Crippen molar-refractivity contribution in [3.8, 4) is 0 Å². The third kappa shape index (κ3) is 7.14. The lowest BCUT2D eigenvalue weighted by Gasteiger charge is -2.17. The molecule has 0 saturated carbocycles. The number of rotatable bonds is 8. The zero-order valence-electron chi connectivity index (χ0n) is 13.1. The Labute approximate surface area is 143 Å². The molecule has 0 saturated heterocycles. The molecule has 0 radical (unpaired) electrons. The summed E-state index contributed by atoms with van der Waals surface area (Å²) >= 11 is 1.50. The summed E-state index contributed by atoms with van der Waals surface area (Å²) in [7, 11) is 0. The number of carbonyl (C=O) groups is 4. The standard InChI is InChI=1S/C15H19N3O5S/c1-24-8-7-11(14(21)23-9-12(19)18-15(16)22)17-13(20)10-5-3-2-4-6-10/h2-6,11H,7-9H2,1H3,(H,17,20)(H3,16,18,19,22). The van der Waals surface area contributed by atoms with Gasteiger partial charge in [-0.2, -0.15) is 11.8 Å². The van der Waals surface area contributed by atoms with Crippen LogP contribution in [-0.2, 0) is 14.3 Å². The van der Waals surface area contributed by atoms with Gasteiger partial charge in [-0.1, -0.05) is 18.2 Å². The van der Waals surface area contributed by atoms with E-state index >= 15 is 0 Å². The molecule has 0 fully saturated rings. The monoisotopic (exact) mass is 353 g/mol. The van der Waals surface area contributed by atoms with Crippen molar-refractivity contribution < 1.29 is 23.9 Å². The van der Waals surface area contributed by atoms with Crippen LogP contribution in [0, 0.1) is 0 Å². The van der Waals surface area contributed by atoms with Gasteiger partial charge in [0.1, 0.15) is 6.04 Å². The van der Waals surface area contributed by atoms with Crippen LogP contribution < -0.4 is 16.4 Å². The molecule has 1 rings (SSSR count). The van der Waals surface area contributed by atoms with E-state index in [2.05, 4.69) is 5.32 Å². The number of carbonyl (C=O) groups excluding carboxylic acids is 4. The Morgan fingerprint density at radius 3 is 2.46 bits per heavy atom. The van der Waals surface area contributed by atoms with Gasteiger partial charge in [-0.3, -0.25) is 14.9 Å². The Balaban J connectivity index is 2.63. The number of urea groups is 1. The minimum Gasteiger partial charge on any atom is -0.454 e. The zero-order chi connectivity index (χ0) is 17.9. The highest BCUT2D eigenvalue weighted by Gasteiger charge is 2.23. The second kappa shape index (κ2) is 10.3. The molecule has 0 bridgehead atoms. The molecule has 0 aliphatic heterocycles. The number of ether oxygens (including phenoxy) is 1. The fourth-order valence-corrected chi connectivity index (χ4v) is 2.20. The molecule has 4 N–H and O–H groups in total. The number of nitrogens with two attached hydrogens (primary N) is 1. The average molecular weight is 353 g/mol. The molecule has 0 heterocycles. The summed E-state index contributed by atoms with van der Waals surface area (Å²) in [6.45, 7) is -0.654. The van der Waals surface area contributed by atoms with Gasteiger partial charge in [-0.25, -0.2) is 9.59 Å². The first-order valence-corrected chi connectivity index (χ1v) is 8.44. The predicted molar refractivity (Wildman–Crippen MR) is 89.4 cm³/mol. The van der Waals surface area contributed by atoms with Gasteiger partial charge in [0.25, 0.3) is 11.8 Å². The summed E-state index contributed by atoms with van der Waals surface area (Å²) in [5.41, 5.74) is 5.19. The number of esters is 1. The van der Waals surface area contributed by atoms with Crippen LogP contribution in [0.15, 0.2) is 30.3 Å². The summed E-state index contributed by atoms with van der Waals surface area (Å²) in [5.74, 6) is -1.40. The minimum atomic E-state index is -1.03. The van der Waals surface area contributed by atoms with Crippen molar-refractivity contribution in [1.82, 2.24) is 10.6 Å². The number of primary amides is 1. The highest BCUT2D eigenvalue weighted by molar-refractivity contribution is 7.98. The summed E-state index contributed by atoms with van der Waals surface area (Å²) in [6.07, 6.45) is 2.21. The van der Waals surface area contributed by atoms with Gasteiger partial charge < -0.3 is 15.8 Å². The lowest BCUT2D eigenvalue weighted by atomic mass is 10.1. The van der Waals surface area contributed by atoms with Crippen molar-refractivity contribution in [3.63, 3.8) is 0 Å². The van der Waals surface area contributed by atoms with Crippen molar-refractivity contribution in [2.45, 2.75) is 12.5 Å². The number of nitrogens with one attached hydrogen (secondary N) is 2. The second-order valence-electron chi connectivity index (χ2n) is 4.69. The van der Waals surface area contributed by atoms with Gasteiger partial charge in [-0.15, -0.1) is 0 Å². The molecule has 130 valence electrons. The number of hydrogen-bond donors (Lipinski definition) is 3. The van der Waals surface area contributed by atoms with Crippen LogP contribution >= 0.6 is 11.8 Å². The molecule has 0 aliphatic carbocycles. The van der Waals surface area contributed by atoms with E-state index in [0.29, 0.717) is 17.7 Å². The zero-order valence-corrected chi connectivity index (χ0v) is 13.9. The van der Waals surface area contributed by atoms with Gasteiger partial charge in [-0.05, 0) is 30.6 Å². The number of amides is 4. The molecule has 1 unspecified atom stereocenters. The molecule has 8 nitrogen and oxygen atoms in total. The summed E-state index contributed by atoms with van der Waals surface area (Å²) < 4.78 is 4.82. The third-order valence-electron chi connectivity index (χ3n) is 2.84. The molecule has 0 aliphatic rings. The fourth-order valence-electron chi connectivity index (χ4n) is 1.73. The van der Waals surface area contributed by atoms with Crippen LogP contribution in [0.5, 0.6) is 0 Å². The van der Waals surface area contributed by atoms with Crippen molar-refractivity contribution >= 4 is 35.6 Å². The van der Waals surface area contributed by atoms with Crippen LogP contribution in [0.3, 0.4) is 0 Å². The minimum absolute atomic E-state index is 0.343. The Morgan fingerprint density at radius 2 is 1.88 bits per heavy atom. The van der Waals surface area contributed by atoms with Gasteiger partial charge in [0.05, 0.1) is 0 Å². The number of thioether (sulfide) groups is 1.